The summed E-state index contributed by atoms with van der Waals surface area (Å²) >= 11 is 0. The van der Waals surface area contributed by atoms with Gasteiger partial charge in [0.1, 0.15) is 11.3 Å². The van der Waals surface area contributed by atoms with Crippen LogP contribution in [0, 0.1) is 0 Å². The van der Waals surface area contributed by atoms with Gasteiger partial charge in [-0.25, -0.2) is 4.98 Å². The second-order valence-electron chi connectivity index (χ2n) is 5.70. The summed E-state index contributed by atoms with van der Waals surface area (Å²) in [4.78, 5) is 18.9. The van der Waals surface area contributed by atoms with Crippen molar-refractivity contribution in [2.45, 2.75) is 46.2 Å². The number of fused-ring (bicyclic) bond motifs is 1. The van der Waals surface area contributed by atoms with Crippen molar-refractivity contribution >= 4 is 11.6 Å². The first-order valence-corrected chi connectivity index (χ1v) is 8.20. The van der Waals surface area contributed by atoms with E-state index in [9.17, 15) is 18.0 Å². The van der Waals surface area contributed by atoms with Crippen LogP contribution in [0.1, 0.15) is 55.4 Å². The van der Waals surface area contributed by atoms with Crippen LogP contribution in [0.2, 0.25) is 0 Å². The maximum absolute atomic E-state index is 13.0. The van der Waals surface area contributed by atoms with E-state index in [0.29, 0.717) is 30.9 Å². The topological polar surface area (TPSA) is 37.6 Å². The van der Waals surface area contributed by atoms with Gasteiger partial charge in [0.15, 0.2) is 0 Å². The van der Waals surface area contributed by atoms with Crippen molar-refractivity contribution in [1.82, 2.24) is 14.3 Å². The normalized spacial score (nSPS) is 11.9. The minimum Gasteiger partial charge on any atom is -0.337 e. The lowest BCUT2D eigenvalue weighted by Crippen LogP contribution is -2.34. The summed E-state index contributed by atoms with van der Waals surface area (Å²) < 4.78 is 40.3. The van der Waals surface area contributed by atoms with Crippen LogP contribution in [0.25, 0.3) is 5.65 Å². The van der Waals surface area contributed by atoms with E-state index >= 15 is 0 Å². The van der Waals surface area contributed by atoms with Gasteiger partial charge < -0.3 is 4.90 Å². The van der Waals surface area contributed by atoms with Crippen molar-refractivity contribution in [3.8, 4) is 0 Å². The molecule has 1 amide bonds. The summed E-state index contributed by atoms with van der Waals surface area (Å²) in [6.45, 7) is 6.91. The minimum atomic E-state index is -4.46. The molecule has 2 rings (SSSR count). The van der Waals surface area contributed by atoms with Crippen LogP contribution in [0.4, 0.5) is 13.2 Å². The average Bonchev–Trinajstić information content (AvgIpc) is 2.90. The summed E-state index contributed by atoms with van der Waals surface area (Å²) in [5.41, 5.74) is 0.329. The minimum absolute atomic E-state index is 0.237. The number of amides is 1. The van der Waals surface area contributed by atoms with E-state index in [4.69, 9.17) is 0 Å². The van der Waals surface area contributed by atoms with E-state index < -0.39 is 11.7 Å². The molecule has 2 heterocycles. The molecule has 0 spiro atoms. The average molecular weight is 341 g/mol. The highest BCUT2D eigenvalue weighted by atomic mass is 19.4. The fourth-order valence-corrected chi connectivity index (χ4v) is 2.74. The molecule has 7 heteroatoms. The van der Waals surface area contributed by atoms with E-state index in [0.717, 1.165) is 25.1 Å². The van der Waals surface area contributed by atoms with Crippen LogP contribution >= 0.6 is 0 Å². The molecule has 0 aliphatic rings. The number of rotatable bonds is 6. The number of halogens is 3. The molecule has 0 fully saturated rings. The number of pyridine rings is 1. The molecular weight excluding hydrogens is 319 g/mol. The lowest BCUT2D eigenvalue weighted by atomic mass is 10.2. The van der Waals surface area contributed by atoms with Crippen molar-refractivity contribution < 1.29 is 18.0 Å². The number of imidazole rings is 1. The first-order valence-electron chi connectivity index (χ1n) is 8.20. The summed E-state index contributed by atoms with van der Waals surface area (Å²) in [6, 6.07) is 2.30. The smallest absolute Gasteiger partial charge is 0.337 e. The molecule has 0 unspecified atom stereocenters. The summed E-state index contributed by atoms with van der Waals surface area (Å²) in [5, 5.41) is 0. The molecule has 2 aromatic heterocycles. The number of carbonyl (C=O) groups is 1. The third-order valence-corrected chi connectivity index (χ3v) is 3.83. The largest absolute Gasteiger partial charge is 0.417 e. The van der Waals surface area contributed by atoms with Gasteiger partial charge >= 0.3 is 6.18 Å². The van der Waals surface area contributed by atoms with Gasteiger partial charge in [0, 0.05) is 19.3 Å². The summed E-state index contributed by atoms with van der Waals surface area (Å²) in [7, 11) is 0. The molecule has 0 radical (unpaired) electrons. The van der Waals surface area contributed by atoms with Crippen molar-refractivity contribution in [3.63, 3.8) is 0 Å². The highest BCUT2D eigenvalue weighted by molar-refractivity contribution is 5.94. The van der Waals surface area contributed by atoms with Crippen LogP contribution in [0.15, 0.2) is 18.3 Å². The van der Waals surface area contributed by atoms with E-state index in [1.165, 1.54) is 10.5 Å². The maximum atomic E-state index is 13.0. The molecule has 0 saturated carbocycles. The Hall–Kier alpha value is -2.05. The zero-order valence-electron chi connectivity index (χ0n) is 14.2. The van der Waals surface area contributed by atoms with Gasteiger partial charge in [-0.3, -0.25) is 9.20 Å². The number of aromatic nitrogens is 2. The molecule has 2 aromatic rings. The second-order valence-corrected chi connectivity index (χ2v) is 5.70. The fourth-order valence-electron chi connectivity index (χ4n) is 2.74. The lowest BCUT2D eigenvalue weighted by molar-refractivity contribution is -0.137. The number of hydrogen-bond acceptors (Lipinski definition) is 2. The quantitative estimate of drug-likeness (QED) is 0.790. The Labute approximate surface area is 139 Å². The molecule has 0 bridgehead atoms. The van der Waals surface area contributed by atoms with Gasteiger partial charge in [-0.05, 0) is 31.4 Å². The number of nitrogens with zero attached hydrogens (tertiary/aromatic N) is 3. The van der Waals surface area contributed by atoms with E-state index in [1.54, 1.807) is 4.90 Å². The number of aryl methyl sites for hydroxylation is 1. The van der Waals surface area contributed by atoms with Crippen LogP contribution < -0.4 is 0 Å². The number of hydrogen-bond donors (Lipinski definition) is 0. The highest BCUT2D eigenvalue weighted by Crippen LogP contribution is 2.30. The SMILES string of the molecule is CCCN(CCC)C(=O)c1c(CC)nc2ccc(C(F)(F)F)cn12. The molecule has 0 aliphatic carbocycles. The fraction of sp³-hybridized carbons (Fsp3) is 0.529. The van der Waals surface area contributed by atoms with Gasteiger partial charge in [-0.15, -0.1) is 0 Å². The molecule has 132 valence electrons. The van der Waals surface area contributed by atoms with Crippen molar-refractivity contribution in [3.05, 3.63) is 35.3 Å². The molecule has 0 N–H and O–H groups in total. The van der Waals surface area contributed by atoms with Crippen LogP contribution in [-0.2, 0) is 12.6 Å². The maximum Gasteiger partial charge on any atom is 0.417 e. The van der Waals surface area contributed by atoms with Gasteiger partial charge in [0.25, 0.3) is 5.91 Å². The van der Waals surface area contributed by atoms with Crippen molar-refractivity contribution in [2.75, 3.05) is 13.1 Å². The Balaban J connectivity index is 2.59. The Kier molecular flexibility index (Phi) is 5.51. The molecule has 0 atom stereocenters. The van der Waals surface area contributed by atoms with E-state index in [2.05, 4.69) is 4.98 Å². The van der Waals surface area contributed by atoms with Gasteiger partial charge in [-0.2, -0.15) is 13.2 Å². The molecule has 24 heavy (non-hydrogen) atoms. The van der Waals surface area contributed by atoms with Crippen molar-refractivity contribution in [1.29, 1.82) is 0 Å². The Morgan fingerprint density at radius 1 is 1.17 bits per heavy atom. The van der Waals surface area contributed by atoms with Gasteiger partial charge in [-0.1, -0.05) is 20.8 Å². The first kappa shape index (κ1) is 18.3. The zero-order valence-corrected chi connectivity index (χ0v) is 14.2. The second kappa shape index (κ2) is 7.23. The van der Waals surface area contributed by atoms with Crippen LogP contribution in [-0.4, -0.2) is 33.3 Å². The number of alkyl halides is 3. The summed E-state index contributed by atoms with van der Waals surface area (Å²) in [6.07, 6.45) is -1.44. The van der Waals surface area contributed by atoms with Crippen molar-refractivity contribution in [2.24, 2.45) is 0 Å². The predicted octanol–water partition coefficient (Wildman–Crippen LogP) is 4.18. The summed E-state index contributed by atoms with van der Waals surface area (Å²) in [5.74, 6) is -0.262. The van der Waals surface area contributed by atoms with Crippen LogP contribution in [0.3, 0.4) is 0 Å². The Morgan fingerprint density at radius 3 is 2.29 bits per heavy atom. The molecular formula is C17H22F3N3O. The van der Waals surface area contributed by atoms with E-state index in [1.807, 2.05) is 20.8 Å². The van der Waals surface area contributed by atoms with Gasteiger partial charge in [0.2, 0.25) is 0 Å². The highest BCUT2D eigenvalue weighted by Gasteiger charge is 2.32. The zero-order chi connectivity index (χ0) is 17.9. The molecule has 0 aromatic carbocycles. The Bertz CT molecular complexity index is 716. The standard InChI is InChI=1S/C17H22F3N3O/c1-4-9-22(10-5-2)16(24)15-13(6-3)21-14-8-7-12(11-23(14)15)17(18,19)20/h7-8,11H,4-6,9-10H2,1-3H3. The number of carbonyl (C=O) groups excluding carboxylic acids is 1. The molecule has 0 saturated heterocycles. The molecule has 4 nitrogen and oxygen atoms in total. The Morgan fingerprint density at radius 2 is 1.79 bits per heavy atom. The monoisotopic (exact) mass is 341 g/mol. The molecule has 0 aliphatic heterocycles. The van der Waals surface area contributed by atoms with Crippen LogP contribution in [0.5, 0.6) is 0 Å². The van der Waals surface area contributed by atoms with E-state index in [-0.39, 0.29) is 11.6 Å². The van der Waals surface area contributed by atoms with Gasteiger partial charge in [0.05, 0.1) is 11.3 Å². The third-order valence-electron chi connectivity index (χ3n) is 3.83. The third kappa shape index (κ3) is 3.55. The first-order chi connectivity index (χ1) is 11.3. The predicted molar refractivity (Wildman–Crippen MR) is 86.1 cm³/mol. The lowest BCUT2D eigenvalue weighted by Gasteiger charge is -2.21.